The molecule has 0 fully saturated rings. The molecule has 0 saturated heterocycles. The maximum Gasteiger partial charge on any atom is 0.332 e. The zero-order chi connectivity index (χ0) is 12.9. The third-order valence-corrected chi connectivity index (χ3v) is 1.35. The van der Waals surface area contributed by atoms with E-state index in [9.17, 15) is 9.59 Å². The topological polar surface area (TPSA) is 128 Å². The van der Waals surface area contributed by atoms with Crippen LogP contribution in [0.4, 0.5) is 0 Å². The fourth-order valence-corrected chi connectivity index (χ4v) is 0.897. The maximum atomic E-state index is 11.5. The summed E-state index contributed by atoms with van der Waals surface area (Å²) in [5, 5.41) is 8.59. The predicted molar refractivity (Wildman–Crippen MR) is 57.7 cm³/mol. The van der Waals surface area contributed by atoms with Crippen molar-refractivity contribution in [1.82, 2.24) is 0 Å². The van der Waals surface area contributed by atoms with Crippen LogP contribution in [0.1, 0.15) is 27.2 Å². The van der Waals surface area contributed by atoms with Gasteiger partial charge in [0.1, 0.15) is 5.60 Å². The summed E-state index contributed by atoms with van der Waals surface area (Å²) in [7, 11) is 0. The first-order valence-electron chi connectivity index (χ1n) is 4.65. The molecule has 0 rings (SSSR count). The Kier molecular flexibility index (Phi) is 4.74. The van der Waals surface area contributed by atoms with Crippen LogP contribution < -0.4 is 11.5 Å². The van der Waals surface area contributed by atoms with Gasteiger partial charge in [-0.25, -0.2) is 9.79 Å². The minimum absolute atomic E-state index is 0.350. The summed E-state index contributed by atoms with van der Waals surface area (Å²) in [5.41, 5.74) is 9.48. The highest BCUT2D eigenvalue weighted by Crippen LogP contribution is 2.11. The van der Waals surface area contributed by atoms with Crippen molar-refractivity contribution in [3.8, 4) is 0 Å². The molecule has 0 saturated carbocycles. The van der Waals surface area contributed by atoms with Crippen LogP contribution in [0.5, 0.6) is 0 Å². The summed E-state index contributed by atoms with van der Waals surface area (Å²) < 4.78 is 4.98. The molecule has 0 amide bonds. The maximum absolute atomic E-state index is 11.5. The number of carbonyl (C=O) groups is 2. The summed E-state index contributed by atoms with van der Waals surface area (Å²) in [6.07, 6.45) is -0.507. The van der Waals surface area contributed by atoms with E-state index in [1.165, 1.54) is 0 Å². The zero-order valence-corrected chi connectivity index (χ0v) is 9.56. The number of aliphatic imine (C=N–C) groups is 1. The molecule has 92 valence electrons. The van der Waals surface area contributed by atoms with Crippen LogP contribution in [0.2, 0.25) is 0 Å². The molecule has 0 aromatic carbocycles. The minimum Gasteiger partial charge on any atom is -0.481 e. The monoisotopic (exact) mass is 231 g/mol. The second-order valence-electron chi connectivity index (χ2n) is 4.20. The smallest absolute Gasteiger partial charge is 0.332 e. The van der Waals surface area contributed by atoms with Crippen LogP contribution in [-0.2, 0) is 14.3 Å². The average molecular weight is 231 g/mol. The van der Waals surface area contributed by atoms with Gasteiger partial charge in [0.2, 0.25) is 0 Å². The first kappa shape index (κ1) is 14.2. The summed E-state index contributed by atoms with van der Waals surface area (Å²) >= 11 is 0. The summed E-state index contributed by atoms with van der Waals surface area (Å²) in [5.74, 6) is -2.29. The van der Waals surface area contributed by atoms with Gasteiger partial charge in [0.15, 0.2) is 12.0 Å². The van der Waals surface area contributed by atoms with Gasteiger partial charge in [-0.3, -0.25) is 4.79 Å². The van der Waals surface area contributed by atoms with E-state index >= 15 is 0 Å². The van der Waals surface area contributed by atoms with Crippen molar-refractivity contribution in [2.45, 2.75) is 38.8 Å². The molecule has 7 heteroatoms. The molecule has 0 aromatic rings. The molecular weight excluding hydrogens is 214 g/mol. The van der Waals surface area contributed by atoms with Gasteiger partial charge in [0.05, 0.1) is 6.42 Å². The van der Waals surface area contributed by atoms with Crippen LogP contribution in [0.3, 0.4) is 0 Å². The summed E-state index contributed by atoms with van der Waals surface area (Å²) in [6.45, 7) is 4.99. The number of hydrogen-bond donors (Lipinski definition) is 3. The molecule has 16 heavy (non-hydrogen) atoms. The fraction of sp³-hybridized carbons (Fsp3) is 0.667. The number of ether oxygens (including phenoxy) is 1. The van der Waals surface area contributed by atoms with Gasteiger partial charge in [-0.15, -0.1) is 0 Å². The first-order chi connectivity index (χ1) is 7.11. The number of rotatable bonds is 4. The number of carbonyl (C=O) groups excluding carboxylic acids is 1. The van der Waals surface area contributed by atoms with E-state index in [1.807, 2.05) is 0 Å². The number of carboxylic acid groups (broad SMARTS) is 1. The number of guanidine groups is 1. The standard InChI is InChI=1S/C9H17N3O4/c1-9(2,3)16-7(15)5(4-6(13)14)12-8(10)11/h5H,4H2,1-3H3,(H,13,14)(H4,10,11,12). The van der Waals surface area contributed by atoms with Crippen molar-refractivity contribution in [1.29, 1.82) is 0 Å². The Morgan fingerprint density at radius 2 is 1.88 bits per heavy atom. The van der Waals surface area contributed by atoms with E-state index in [-0.39, 0.29) is 5.96 Å². The van der Waals surface area contributed by atoms with Gasteiger partial charge in [-0.05, 0) is 20.8 Å². The van der Waals surface area contributed by atoms with Crippen LogP contribution in [0.25, 0.3) is 0 Å². The molecule has 0 aliphatic rings. The van der Waals surface area contributed by atoms with Crippen LogP contribution in [0, 0.1) is 0 Å². The molecule has 0 aromatic heterocycles. The molecule has 0 aliphatic heterocycles. The highest BCUT2D eigenvalue weighted by Gasteiger charge is 2.26. The molecule has 1 unspecified atom stereocenters. The van der Waals surface area contributed by atoms with Crippen molar-refractivity contribution in [2.24, 2.45) is 16.5 Å². The largest absolute Gasteiger partial charge is 0.481 e. The Bertz CT molecular complexity index is 302. The van der Waals surface area contributed by atoms with Crippen LogP contribution >= 0.6 is 0 Å². The van der Waals surface area contributed by atoms with Gasteiger partial charge >= 0.3 is 11.9 Å². The lowest BCUT2D eigenvalue weighted by Gasteiger charge is -2.21. The van der Waals surface area contributed by atoms with Crippen molar-refractivity contribution >= 4 is 17.9 Å². The highest BCUT2D eigenvalue weighted by molar-refractivity contribution is 5.86. The van der Waals surface area contributed by atoms with Gasteiger partial charge in [0.25, 0.3) is 0 Å². The minimum atomic E-state index is -1.21. The number of aliphatic carboxylic acids is 1. The van der Waals surface area contributed by atoms with Crippen LogP contribution in [0.15, 0.2) is 4.99 Å². The first-order valence-corrected chi connectivity index (χ1v) is 4.65. The van der Waals surface area contributed by atoms with Crippen molar-refractivity contribution in [3.63, 3.8) is 0 Å². The molecule has 1 atom stereocenters. The quantitative estimate of drug-likeness (QED) is 0.338. The number of nitrogens with two attached hydrogens (primary N) is 2. The van der Waals surface area contributed by atoms with Gasteiger partial charge in [-0.2, -0.15) is 0 Å². The van der Waals surface area contributed by atoms with Gasteiger partial charge < -0.3 is 21.3 Å². The number of carboxylic acids is 1. The number of hydrogen-bond acceptors (Lipinski definition) is 4. The van der Waals surface area contributed by atoms with E-state index in [1.54, 1.807) is 20.8 Å². The molecule has 0 aliphatic carbocycles. The Balaban J connectivity index is 4.70. The highest BCUT2D eigenvalue weighted by atomic mass is 16.6. The SMILES string of the molecule is CC(C)(C)OC(=O)C(CC(=O)O)N=C(N)N. The summed E-state index contributed by atoms with van der Waals surface area (Å²) in [4.78, 5) is 25.5. The Labute approximate surface area is 93.5 Å². The molecular formula is C9H17N3O4. The van der Waals surface area contributed by atoms with Crippen molar-refractivity contribution in [3.05, 3.63) is 0 Å². The van der Waals surface area contributed by atoms with E-state index < -0.39 is 30.0 Å². The van der Waals surface area contributed by atoms with E-state index in [4.69, 9.17) is 21.3 Å². The number of esters is 1. The molecule has 0 bridgehead atoms. The Morgan fingerprint density at radius 3 is 2.19 bits per heavy atom. The van der Waals surface area contributed by atoms with Crippen molar-refractivity contribution in [2.75, 3.05) is 0 Å². The average Bonchev–Trinajstić information content (AvgIpc) is 1.97. The van der Waals surface area contributed by atoms with E-state index in [0.29, 0.717) is 0 Å². The van der Waals surface area contributed by atoms with Gasteiger partial charge in [0, 0.05) is 0 Å². The van der Waals surface area contributed by atoms with E-state index in [0.717, 1.165) is 0 Å². The molecule has 0 radical (unpaired) electrons. The molecule has 5 N–H and O–H groups in total. The number of nitrogens with zero attached hydrogens (tertiary/aromatic N) is 1. The van der Waals surface area contributed by atoms with E-state index in [2.05, 4.69) is 4.99 Å². The fourth-order valence-electron chi connectivity index (χ4n) is 0.897. The second-order valence-corrected chi connectivity index (χ2v) is 4.20. The molecule has 0 spiro atoms. The van der Waals surface area contributed by atoms with Crippen LogP contribution in [-0.4, -0.2) is 34.6 Å². The van der Waals surface area contributed by atoms with Gasteiger partial charge in [-0.1, -0.05) is 0 Å². The lowest BCUT2D eigenvalue weighted by molar-refractivity contribution is -0.158. The predicted octanol–water partition coefficient (Wildman–Crippen LogP) is -0.555. The summed E-state index contributed by atoms with van der Waals surface area (Å²) in [6, 6.07) is -1.21. The second kappa shape index (κ2) is 5.34. The lowest BCUT2D eigenvalue weighted by atomic mass is 10.1. The third-order valence-electron chi connectivity index (χ3n) is 1.35. The van der Waals surface area contributed by atoms with Crippen molar-refractivity contribution < 1.29 is 19.4 Å². The molecule has 0 heterocycles. The Hall–Kier alpha value is -1.79. The third kappa shape index (κ3) is 6.63. The lowest BCUT2D eigenvalue weighted by Crippen LogP contribution is -2.35. The Morgan fingerprint density at radius 1 is 1.38 bits per heavy atom. The molecule has 7 nitrogen and oxygen atoms in total. The normalized spacial score (nSPS) is 12.7. The zero-order valence-electron chi connectivity index (χ0n) is 9.56.